The van der Waals surface area contributed by atoms with Crippen LogP contribution in [0.3, 0.4) is 0 Å². The lowest BCUT2D eigenvalue weighted by molar-refractivity contribution is 0.165. The van der Waals surface area contributed by atoms with E-state index in [-0.39, 0.29) is 0 Å². The average molecular weight is 302 g/mol. The Morgan fingerprint density at radius 2 is 0.950 bits per heavy atom. The molecule has 0 radical (unpaired) electrons. The van der Waals surface area contributed by atoms with Crippen molar-refractivity contribution >= 4 is 9.14 Å². The van der Waals surface area contributed by atoms with Gasteiger partial charge < -0.3 is 29.3 Å². The molecule has 3 aromatic rings. The van der Waals surface area contributed by atoms with Crippen LogP contribution in [0.4, 0.5) is 4.11 Å². The van der Waals surface area contributed by atoms with Gasteiger partial charge >= 0.3 is 9.14 Å². The molecule has 9 nitrogen and oxygen atoms in total. The molecule has 0 fully saturated rings. The van der Waals surface area contributed by atoms with E-state index in [1.165, 1.54) is 0 Å². The first-order valence-corrected chi connectivity index (χ1v) is 6.86. The summed E-state index contributed by atoms with van der Waals surface area (Å²) in [4.78, 5) is 40.6. The summed E-state index contributed by atoms with van der Waals surface area (Å²) in [5, 5.41) is 0. The van der Waals surface area contributed by atoms with Gasteiger partial charge in [0.2, 0.25) is 0 Å². The van der Waals surface area contributed by atoms with Crippen LogP contribution in [0, 0.1) is 0 Å². The van der Waals surface area contributed by atoms with E-state index < -0.39 is 9.14 Å². The minimum absolute atomic E-state index is 1.62. The maximum absolute atomic E-state index is 10.5. The summed E-state index contributed by atoms with van der Waals surface area (Å²) in [6, 6.07) is 0. The summed E-state index contributed by atoms with van der Waals surface area (Å²) in [5.74, 6) is 0. The van der Waals surface area contributed by atoms with E-state index in [0.717, 1.165) is 0 Å². The van der Waals surface area contributed by atoms with Gasteiger partial charge in [-0.15, -0.1) is 0 Å². The molecule has 0 saturated carbocycles. The molecule has 0 bridgehead atoms. The molecule has 0 atom stereocenters. The minimum atomic E-state index is -5.11. The smallest absolute Gasteiger partial charge is 0.365 e. The standard InChI is InChI=1S/3C3H4N2.FH3O3Si/c3*1-2-5-3-4-1;1-5(2,3)4/h3*1-3H,(H,4,5);2-4H. The molecule has 0 aromatic carbocycles. The minimum Gasteiger partial charge on any atom is -0.365 e. The first-order chi connectivity index (χ1) is 9.50. The number of nitrogens with one attached hydrogen (secondary N) is 3. The van der Waals surface area contributed by atoms with Gasteiger partial charge in [-0.3, -0.25) is 0 Å². The molecule has 110 valence electrons. The predicted octanol–water partition coefficient (Wildman–Crippen LogP) is -0.402. The Balaban J connectivity index is 0.000000241. The van der Waals surface area contributed by atoms with E-state index in [4.69, 9.17) is 14.4 Å². The quantitative estimate of drug-likeness (QED) is 0.246. The van der Waals surface area contributed by atoms with Crippen LogP contribution in [0.1, 0.15) is 0 Å². The van der Waals surface area contributed by atoms with E-state index in [1.54, 1.807) is 56.2 Å². The molecular formula is C9H15FN6O3Si. The lowest BCUT2D eigenvalue weighted by atomic mass is 11.0. The van der Waals surface area contributed by atoms with Crippen molar-refractivity contribution in [2.24, 2.45) is 0 Å². The van der Waals surface area contributed by atoms with Gasteiger partial charge in [-0.25, -0.2) is 19.1 Å². The second kappa shape index (κ2) is 11.7. The third-order valence-electron chi connectivity index (χ3n) is 1.22. The van der Waals surface area contributed by atoms with Crippen LogP contribution in [-0.4, -0.2) is 53.4 Å². The van der Waals surface area contributed by atoms with E-state index in [2.05, 4.69) is 29.9 Å². The Morgan fingerprint density at radius 3 is 1.00 bits per heavy atom. The average Bonchev–Trinajstić information content (AvgIpc) is 3.17. The Kier molecular flexibility index (Phi) is 10.4. The van der Waals surface area contributed by atoms with Crippen LogP contribution in [0.2, 0.25) is 0 Å². The van der Waals surface area contributed by atoms with E-state index >= 15 is 0 Å². The normalized spacial score (nSPS) is 9.00. The fourth-order valence-corrected chi connectivity index (χ4v) is 0.645. The number of hydrogen-bond donors (Lipinski definition) is 6. The molecule has 3 heterocycles. The van der Waals surface area contributed by atoms with E-state index in [9.17, 15) is 4.11 Å². The zero-order valence-electron chi connectivity index (χ0n) is 10.3. The number of nitrogens with zero attached hydrogens (tertiary/aromatic N) is 3. The van der Waals surface area contributed by atoms with Crippen molar-refractivity contribution in [3.63, 3.8) is 0 Å². The highest BCUT2D eigenvalue weighted by molar-refractivity contribution is 6.47. The molecule has 20 heavy (non-hydrogen) atoms. The molecule has 0 saturated heterocycles. The van der Waals surface area contributed by atoms with Gasteiger partial charge in [0.15, 0.2) is 0 Å². The molecule has 0 aliphatic rings. The second-order valence-electron chi connectivity index (χ2n) is 2.84. The van der Waals surface area contributed by atoms with Gasteiger partial charge in [0.25, 0.3) is 0 Å². The molecule has 0 aliphatic carbocycles. The summed E-state index contributed by atoms with van der Waals surface area (Å²) in [6.07, 6.45) is 15.2. The van der Waals surface area contributed by atoms with Crippen molar-refractivity contribution in [1.82, 2.24) is 29.9 Å². The van der Waals surface area contributed by atoms with Gasteiger partial charge in [-0.1, -0.05) is 0 Å². The molecular weight excluding hydrogens is 287 g/mol. The lowest BCUT2D eigenvalue weighted by Crippen LogP contribution is -2.27. The number of aromatic amines is 3. The topological polar surface area (TPSA) is 147 Å². The molecule has 3 aromatic heterocycles. The molecule has 0 aliphatic heterocycles. The first-order valence-electron chi connectivity index (χ1n) is 5.14. The SMILES string of the molecule is O[Si](O)(O)F.c1c[nH]cn1.c1c[nH]cn1.c1c[nH]cn1. The second-order valence-corrected chi connectivity index (χ2v) is 3.94. The van der Waals surface area contributed by atoms with Crippen molar-refractivity contribution in [2.45, 2.75) is 0 Å². The summed E-state index contributed by atoms with van der Waals surface area (Å²) < 4.78 is 10.5. The van der Waals surface area contributed by atoms with Crippen LogP contribution in [0.5, 0.6) is 0 Å². The Labute approximate surface area is 114 Å². The highest BCUT2D eigenvalue weighted by Gasteiger charge is 2.26. The van der Waals surface area contributed by atoms with Gasteiger partial charge in [0.1, 0.15) is 0 Å². The van der Waals surface area contributed by atoms with Crippen LogP contribution in [0.15, 0.2) is 56.2 Å². The third-order valence-corrected chi connectivity index (χ3v) is 1.22. The number of H-pyrrole nitrogens is 3. The molecule has 6 N–H and O–H groups in total. The van der Waals surface area contributed by atoms with Crippen LogP contribution < -0.4 is 0 Å². The number of rotatable bonds is 0. The maximum atomic E-state index is 10.5. The maximum Gasteiger partial charge on any atom is 0.711 e. The van der Waals surface area contributed by atoms with Crippen molar-refractivity contribution in [2.75, 3.05) is 0 Å². The van der Waals surface area contributed by atoms with Crippen molar-refractivity contribution < 1.29 is 18.5 Å². The Bertz CT molecular complexity index is 336. The molecule has 0 amide bonds. The van der Waals surface area contributed by atoms with Crippen molar-refractivity contribution in [3.05, 3.63) is 56.2 Å². The zero-order valence-corrected chi connectivity index (χ0v) is 11.3. The highest BCUT2D eigenvalue weighted by atomic mass is 28.4. The van der Waals surface area contributed by atoms with Gasteiger partial charge in [-0.2, -0.15) is 0 Å². The predicted molar refractivity (Wildman–Crippen MR) is 69.3 cm³/mol. The fourth-order valence-electron chi connectivity index (χ4n) is 0.645. The number of halogens is 1. The van der Waals surface area contributed by atoms with Gasteiger partial charge in [-0.05, 0) is 0 Å². The summed E-state index contributed by atoms with van der Waals surface area (Å²) in [5.41, 5.74) is 0. The summed E-state index contributed by atoms with van der Waals surface area (Å²) in [6.45, 7) is 0. The van der Waals surface area contributed by atoms with Crippen LogP contribution in [-0.2, 0) is 0 Å². The molecule has 11 heteroatoms. The van der Waals surface area contributed by atoms with Gasteiger partial charge in [0, 0.05) is 37.2 Å². The van der Waals surface area contributed by atoms with E-state index in [0.29, 0.717) is 0 Å². The Hall–Kier alpha value is -2.34. The van der Waals surface area contributed by atoms with Crippen molar-refractivity contribution in [1.29, 1.82) is 0 Å². The first kappa shape index (κ1) is 17.7. The number of hydrogen-bond acceptors (Lipinski definition) is 6. The molecule has 0 unspecified atom stereocenters. The monoisotopic (exact) mass is 302 g/mol. The summed E-state index contributed by atoms with van der Waals surface area (Å²) >= 11 is 0. The largest absolute Gasteiger partial charge is 0.711 e. The number of aromatic nitrogens is 6. The van der Waals surface area contributed by atoms with E-state index in [1.807, 2.05) is 0 Å². The lowest BCUT2D eigenvalue weighted by Gasteiger charge is -1.87. The summed E-state index contributed by atoms with van der Waals surface area (Å²) in [7, 11) is -5.11. The third kappa shape index (κ3) is 21.0. The van der Waals surface area contributed by atoms with Gasteiger partial charge in [0.05, 0.1) is 19.0 Å². The molecule has 3 rings (SSSR count). The number of imidazole rings is 3. The van der Waals surface area contributed by atoms with Crippen molar-refractivity contribution in [3.8, 4) is 0 Å². The van der Waals surface area contributed by atoms with Crippen LogP contribution >= 0.6 is 0 Å². The highest BCUT2D eigenvalue weighted by Crippen LogP contribution is 1.79. The van der Waals surface area contributed by atoms with Crippen LogP contribution in [0.25, 0.3) is 0 Å². The fraction of sp³-hybridized carbons (Fsp3) is 0. The Morgan fingerprint density at radius 1 is 0.700 bits per heavy atom. The molecule has 0 spiro atoms. The zero-order chi connectivity index (χ0) is 15.1.